The first-order valence-corrected chi connectivity index (χ1v) is 5.80. The van der Waals surface area contributed by atoms with E-state index in [2.05, 4.69) is 18.8 Å². The lowest BCUT2D eigenvalue weighted by atomic mass is 10.1. The Balaban J connectivity index is 3.00. The molecule has 0 aliphatic carbocycles. The first-order valence-electron chi connectivity index (χ1n) is 5.26. The van der Waals surface area contributed by atoms with Crippen LogP contribution < -0.4 is 4.74 Å². The molecule has 15 heavy (non-hydrogen) atoms. The summed E-state index contributed by atoms with van der Waals surface area (Å²) >= 11 is 5.83. The fourth-order valence-electron chi connectivity index (χ4n) is 1.26. The van der Waals surface area contributed by atoms with E-state index in [0.29, 0.717) is 17.7 Å². The second-order valence-corrected chi connectivity index (χ2v) is 4.46. The van der Waals surface area contributed by atoms with Crippen LogP contribution in [-0.4, -0.2) is 11.1 Å². The number of hydrogen-bond acceptors (Lipinski definition) is 2. The van der Waals surface area contributed by atoms with E-state index in [9.17, 15) is 0 Å². The highest BCUT2D eigenvalue weighted by Crippen LogP contribution is 2.20. The Bertz CT molecular complexity index is 323. The maximum atomic E-state index is 5.83. The number of nitrogens with zero attached hydrogens (tertiary/aromatic N) is 1. The van der Waals surface area contributed by atoms with Gasteiger partial charge in [-0.3, -0.25) is 0 Å². The Morgan fingerprint density at radius 2 is 1.93 bits per heavy atom. The highest BCUT2D eigenvalue weighted by molar-refractivity contribution is 6.17. The molecule has 1 heterocycles. The molecule has 1 rings (SSSR count). The smallest absolute Gasteiger partial charge is 0.214 e. The molecule has 0 saturated carbocycles. The van der Waals surface area contributed by atoms with Gasteiger partial charge in [0.2, 0.25) is 5.88 Å². The summed E-state index contributed by atoms with van der Waals surface area (Å²) in [4.78, 5) is 4.44. The van der Waals surface area contributed by atoms with E-state index in [-0.39, 0.29) is 6.10 Å². The van der Waals surface area contributed by atoms with E-state index in [1.165, 1.54) is 0 Å². The molecule has 0 spiro atoms. The number of alkyl halides is 1. The molecule has 0 saturated heterocycles. The Kier molecular flexibility index (Phi) is 4.40. The van der Waals surface area contributed by atoms with Crippen LogP contribution >= 0.6 is 11.6 Å². The summed E-state index contributed by atoms with van der Waals surface area (Å²) in [6.07, 6.45) is 0.142. The number of pyridine rings is 1. The zero-order valence-electron chi connectivity index (χ0n) is 9.75. The third kappa shape index (κ3) is 3.71. The van der Waals surface area contributed by atoms with Gasteiger partial charge in [-0.1, -0.05) is 13.8 Å². The Morgan fingerprint density at radius 3 is 2.40 bits per heavy atom. The van der Waals surface area contributed by atoms with Crippen LogP contribution in [0.4, 0.5) is 0 Å². The third-order valence-corrected chi connectivity index (χ3v) is 2.29. The third-order valence-electron chi connectivity index (χ3n) is 1.98. The highest BCUT2D eigenvalue weighted by Gasteiger charge is 2.07. The van der Waals surface area contributed by atoms with E-state index in [0.717, 1.165) is 11.3 Å². The molecule has 3 heteroatoms. The van der Waals surface area contributed by atoms with Crippen molar-refractivity contribution in [2.75, 3.05) is 0 Å². The molecule has 0 N–H and O–H groups in total. The standard InChI is InChI=1S/C12H18ClNO/c1-8(2)11-5-10(7-13)6-12(14-11)15-9(3)4/h5-6,8-9H,7H2,1-4H3. The predicted molar refractivity (Wildman–Crippen MR) is 63.6 cm³/mol. The summed E-state index contributed by atoms with van der Waals surface area (Å²) in [5, 5.41) is 0. The average Bonchev–Trinajstić information content (AvgIpc) is 2.16. The van der Waals surface area contributed by atoms with Crippen molar-refractivity contribution < 1.29 is 4.74 Å². The van der Waals surface area contributed by atoms with Gasteiger partial charge in [0.1, 0.15) is 0 Å². The largest absolute Gasteiger partial charge is 0.475 e. The molecular weight excluding hydrogens is 210 g/mol. The van der Waals surface area contributed by atoms with Crippen molar-refractivity contribution in [3.05, 3.63) is 23.4 Å². The van der Waals surface area contributed by atoms with Gasteiger partial charge in [-0.05, 0) is 31.4 Å². The summed E-state index contributed by atoms with van der Waals surface area (Å²) < 4.78 is 5.58. The monoisotopic (exact) mass is 227 g/mol. The van der Waals surface area contributed by atoms with Gasteiger partial charge in [-0.25, -0.2) is 4.98 Å². The SMILES string of the molecule is CC(C)Oc1cc(CCl)cc(C(C)C)n1. The molecule has 1 aromatic rings. The molecule has 1 aromatic heterocycles. The summed E-state index contributed by atoms with van der Waals surface area (Å²) in [7, 11) is 0. The summed E-state index contributed by atoms with van der Waals surface area (Å²) in [5.41, 5.74) is 2.09. The molecule has 0 aromatic carbocycles. The van der Waals surface area contributed by atoms with Crippen molar-refractivity contribution in [1.82, 2.24) is 4.98 Å². The van der Waals surface area contributed by atoms with Crippen LogP contribution in [0.5, 0.6) is 5.88 Å². The lowest BCUT2D eigenvalue weighted by Crippen LogP contribution is -2.08. The first-order chi connectivity index (χ1) is 7.02. The summed E-state index contributed by atoms with van der Waals surface area (Å²) in [6, 6.07) is 3.93. The highest BCUT2D eigenvalue weighted by atomic mass is 35.5. The number of aromatic nitrogens is 1. The number of halogens is 1. The predicted octanol–water partition coefficient (Wildman–Crippen LogP) is 3.73. The molecule has 0 aliphatic heterocycles. The quantitative estimate of drug-likeness (QED) is 0.732. The number of rotatable bonds is 4. The molecule has 0 fully saturated rings. The average molecular weight is 228 g/mol. The van der Waals surface area contributed by atoms with Gasteiger partial charge in [-0.2, -0.15) is 0 Å². The van der Waals surface area contributed by atoms with E-state index in [1.54, 1.807) is 0 Å². The maximum Gasteiger partial charge on any atom is 0.214 e. The van der Waals surface area contributed by atoms with Crippen LogP contribution in [0.2, 0.25) is 0 Å². The van der Waals surface area contributed by atoms with Crippen LogP contribution in [0.3, 0.4) is 0 Å². The van der Waals surface area contributed by atoms with Crippen LogP contribution in [0.15, 0.2) is 12.1 Å². The molecule has 0 aliphatic rings. The van der Waals surface area contributed by atoms with Gasteiger partial charge in [0, 0.05) is 17.6 Å². The molecule has 0 amide bonds. The Morgan fingerprint density at radius 1 is 1.27 bits per heavy atom. The van der Waals surface area contributed by atoms with Gasteiger partial charge in [0.15, 0.2) is 0 Å². The van der Waals surface area contributed by atoms with Gasteiger partial charge in [0.25, 0.3) is 0 Å². The van der Waals surface area contributed by atoms with E-state index in [1.807, 2.05) is 26.0 Å². The van der Waals surface area contributed by atoms with Crippen LogP contribution in [0.25, 0.3) is 0 Å². The Hall–Kier alpha value is -0.760. The Labute approximate surface area is 96.6 Å². The lowest BCUT2D eigenvalue weighted by Gasteiger charge is -2.13. The van der Waals surface area contributed by atoms with Crippen LogP contribution in [0.1, 0.15) is 44.9 Å². The zero-order valence-corrected chi connectivity index (χ0v) is 10.5. The van der Waals surface area contributed by atoms with Gasteiger partial charge in [-0.15, -0.1) is 11.6 Å². The minimum atomic E-state index is 0.142. The maximum absolute atomic E-state index is 5.83. The zero-order chi connectivity index (χ0) is 11.4. The minimum Gasteiger partial charge on any atom is -0.475 e. The van der Waals surface area contributed by atoms with Crippen molar-refractivity contribution in [2.45, 2.75) is 45.6 Å². The number of ether oxygens (including phenoxy) is 1. The van der Waals surface area contributed by atoms with Crippen LogP contribution in [0, 0.1) is 0 Å². The molecule has 0 bridgehead atoms. The number of hydrogen-bond donors (Lipinski definition) is 0. The topological polar surface area (TPSA) is 22.1 Å². The molecule has 84 valence electrons. The lowest BCUT2D eigenvalue weighted by molar-refractivity contribution is 0.231. The molecule has 0 unspecified atom stereocenters. The summed E-state index contributed by atoms with van der Waals surface area (Å²) in [5.74, 6) is 1.56. The van der Waals surface area contributed by atoms with Crippen molar-refractivity contribution in [2.24, 2.45) is 0 Å². The van der Waals surface area contributed by atoms with E-state index in [4.69, 9.17) is 16.3 Å². The van der Waals surface area contributed by atoms with Crippen molar-refractivity contribution in [1.29, 1.82) is 0 Å². The molecule has 0 radical (unpaired) electrons. The van der Waals surface area contributed by atoms with Gasteiger partial charge >= 0.3 is 0 Å². The summed E-state index contributed by atoms with van der Waals surface area (Å²) in [6.45, 7) is 8.20. The van der Waals surface area contributed by atoms with Gasteiger partial charge in [0.05, 0.1) is 6.10 Å². The normalized spacial score (nSPS) is 11.1. The second kappa shape index (κ2) is 5.36. The fourth-order valence-corrected chi connectivity index (χ4v) is 1.41. The second-order valence-electron chi connectivity index (χ2n) is 4.19. The van der Waals surface area contributed by atoms with Crippen LogP contribution in [-0.2, 0) is 5.88 Å². The van der Waals surface area contributed by atoms with Crippen molar-refractivity contribution in [3.63, 3.8) is 0 Å². The molecular formula is C12H18ClNO. The molecule has 0 atom stereocenters. The fraction of sp³-hybridized carbons (Fsp3) is 0.583. The first kappa shape index (κ1) is 12.3. The van der Waals surface area contributed by atoms with Crippen molar-refractivity contribution in [3.8, 4) is 5.88 Å². The van der Waals surface area contributed by atoms with Crippen molar-refractivity contribution >= 4 is 11.6 Å². The minimum absolute atomic E-state index is 0.142. The molecule has 2 nitrogen and oxygen atoms in total. The van der Waals surface area contributed by atoms with Gasteiger partial charge < -0.3 is 4.74 Å². The van der Waals surface area contributed by atoms with E-state index < -0.39 is 0 Å². The van der Waals surface area contributed by atoms with E-state index >= 15 is 0 Å².